The highest BCUT2D eigenvalue weighted by Gasteiger charge is 2.34. The molecule has 0 bridgehead atoms. The Bertz CT molecular complexity index is 3860. The standard InChI is InChI=1S/C74H78N4O/c1-48(2)61-29-22-30-62(49(3)4)70(61)50-31-35-66-68(39-50)77(58-41-55(72(8,9)10)40-56(42-58)74(13,14)52-25-19-16-20-26-52)47-76(66)57-27-21-28-59(45-57)79-60-33-34-63-64-43-53(71(5,6)7)32-36-65(64)78(67(63)46-60)69-44-54(37-38-75-69)73(11,12)51-23-17-15-18-24-51/h15-46,48-49H,47H2,1-14H3. The summed E-state index contributed by atoms with van der Waals surface area (Å²) in [6.45, 7) is 33.0. The highest BCUT2D eigenvalue weighted by molar-refractivity contribution is 6.10. The molecule has 1 aliphatic heterocycles. The minimum atomic E-state index is -0.235. The van der Waals surface area contributed by atoms with Crippen LogP contribution in [-0.4, -0.2) is 16.2 Å². The molecule has 0 saturated carbocycles. The first-order valence-corrected chi connectivity index (χ1v) is 28.5. The molecule has 8 aromatic carbocycles. The number of aromatic nitrogens is 2. The molecule has 0 N–H and O–H groups in total. The molecule has 3 heterocycles. The summed E-state index contributed by atoms with van der Waals surface area (Å²) in [7, 11) is 0. The lowest BCUT2D eigenvalue weighted by molar-refractivity contribution is 0.483. The van der Waals surface area contributed by atoms with Gasteiger partial charge in [-0.15, -0.1) is 0 Å². The van der Waals surface area contributed by atoms with Crippen molar-refractivity contribution < 1.29 is 4.74 Å². The van der Waals surface area contributed by atoms with Crippen LogP contribution in [0.2, 0.25) is 0 Å². The highest BCUT2D eigenvalue weighted by atomic mass is 16.5. The molecule has 0 unspecified atom stereocenters. The maximum atomic E-state index is 7.01. The number of hydrogen-bond acceptors (Lipinski definition) is 4. The van der Waals surface area contributed by atoms with Gasteiger partial charge in [-0.1, -0.05) is 200 Å². The van der Waals surface area contributed by atoms with Crippen LogP contribution in [-0.2, 0) is 21.7 Å². The van der Waals surface area contributed by atoms with Crippen molar-refractivity contribution in [2.75, 3.05) is 16.5 Å². The van der Waals surface area contributed by atoms with E-state index in [-0.39, 0.29) is 21.7 Å². The lowest BCUT2D eigenvalue weighted by atomic mass is 9.75. The summed E-state index contributed by atoms with van der Waals surface area (Å²) < 4.78 is 9.33. The summed E-state index contributed by atoms with van der Waals surface area (Å²) in [5.41, 5.74) is 19.2. The maximum absolute atomic E-state index is 7.01. The van der Waals surface area contributed by atoms with Gasteiger partial charge in [0, 0.05) is 51.3 Å². The van der Waals surface area contributed by atoms with Crippen molar-refractivity contribution in [3.63, 3.8) is 0 Å². The molecule has 0 spiro atoms. The van der Waals surface area contributed by atoms with Gasteiger partial charge in [0.25, 0.3) is 0 Å². The summed E-state index contributed by atoms with van der Waals surface area (Å²) in [6, 6.07) is 69.6. The molecule has 0 aliphatic carbocycles. The van der Waals surface area contributed by atoms with E-state index in [9.17, 15) is 0 Å². The van der Waals surface area contributed by atoms with Crippen LogP contribution >= 0.6 is 0 Å². The van der Waals surface area contributed by atoms with Crippen LogP contribution in [0.3, 0.4) is 0 Å². The number of fused-ring (bicyclic) bond motifs is 4. The van der Waals surface area contributed by atoms with Gasteiger partial charge in [0.1, 0.15) is 24.0 Å². The summed E-state index contributed by atoms with van der Waals surface area (Å²) in [6.07, 6.45) is 1.96. The Morgan fingerprint density at radius 3 is 1.67 bits per heavy atom. The monoisotopic (exact) mass is 1040 g/mol. The number of rotatable bonds is 12. The molecule has 0 fully saturated rings. The van der Waals surface area contributed by atoms with Gasteiger partial charge in [0.15, 0.2) is 0 Å². The van der Waals surface area contributed by atoms with Crippen molar-refractivity contribution in [3.05, 3.63) is 239 Å². The zero-order chi connectivity index (χ0) is 55.8. The molecular formula is C74H78N4O. The maximum Gasteiger partial charge on any atom is 0.137 e. The lowest BCUT2D eigenvalue weighted by Gasteiger charge is -2.32. The van der Waals surface area contributed by atoms with Crippen LogP contribution in [0.5, 0.6) is 11.5 Å². The van der Waals surface area contributed by atoms with Crippen LogP contribution in [0.4, 0.5) is 22.7 Å². The first-order chi connectivity index (χ1) is 37.6. The molecule has 0 amide bonds. The zero-order valence-electron chi connectivity index (χ0n) is 49.0. The van der Waals surface area contributed by atoms with Crippen molar-refractivity contribution in [1.82, 2.24) is 9.55 Å². The van der Waals surface area contributed by atoms with Crippen LogP contribution in [0, 0.1) is 0 Å². The second kappa shape index (κ2) is 20.1. The van der Waals surface area contributed by atoms with Gasteiger partial charge in [-0.2, -0.15) is 0 Å². The Morgan fingerprint density at radius 2 is 1.03 bits per heavy atom. The topological polar surface area (TPSA) is 33.5 Å². The molecule has 11 rings (SSSR count). The van der Waals surface area contributed by atoms with E-state index in [4.69, 9.17) is 9.72 Å². The Kier molecular flexibility index (Phi) is 13.5. The lowest BCUT2D eigenvalue weighted by Crippen LogP contribution is -2.26. The molecule has 0 saturated heterocycles. The highest BCUT2D eigenvalue weighted by Crippen LogP contribution is 2.50. The fourth-order valence-electron chi connectivity index (χ4n) is 11.9. The van der Waals surface area contributed by atoms with Crippen molar-refractivity contribution >= 4 is 44.6 Å². The van der Waals surface area contributed by atoms with Crippen molar-refractivity contribution in [1.29, 1.82) is 0 Å². The summed E-state index contributed by atoms with van der Waals surface area (Å²) in [5, 5.41) is 2.36. The van der Waals surface area contributed by atoms with Crippen LogP contribution in [0.15, 0.2) is 194 Å². The number of anilines is 4. The molecule has 0 atom stereocenters. The van der Waals surface area contributed by atoms with Gasteiger partial charge in [-0.3, -0.25) is 4.57 Å². The van der Waals surface area contributed by atoms with E-state index in [0.29, 0.717) is 18.5 Å². The van der Waals surface area contributed by atoms with Crippen molar-refractivity contribution in [2.45, 2.75) is 130 Å². The van der Waals surface area contributed by atoms with E-state index < -0.39 is 0 Å². The number of benzene rings is 8. The predicted molar refractivity (Wildman–Crippen MR) is 335 cm³/mol. The second-order valence-corrected chi connectivity index (χ2v) is 25.8. The minimum Gasteiger partial charge on any atom is -0.457 e. The number of ether oxygens (including phenoxy) is 1. The molecule has 5 heteroatoms. The normalized spacial score (nSPS) is 13.3. The summed E-state index contributed by atoms with van der Waals surface area (Å²) in [5.74, 6) is 3.14. The van der Waals surface area contributed by atoms with Gasteiger partial charge >= 0.3 is 0 Å². The summed E-state index contributed by atoms with van der Waals surface area (Å²) >= 11 is 0. The van der Waals surface area contributed by atoms with E-state index in [2.05, 4.69) is 299 Å². The molecule has 400 valence electrons. The van der Waals surface area contributed by atoms with E-state index in [0.717, 1.165) is 45.1 Å². The molecule has 5 nitrogen and oxygen atoms in total. The molecule has 2 aromatic heterocycles. The zero-order valence-corrected chi connectivity index (χ0v) is 49.0. The first-order valence-electron chi connectivity index (χ1n) is 28.5. The fourth-order valence-corrected chi connectivity index (χ4v) is 11.9. The Labute approximate surface area is 470 Å². The number of hydrogen-bond donors (Lipinski definition) is 0. The third-order valence-corrected chi connectivity index (χ3v) is 17.0. The Morgan fingerprint density at radius 1 is 0.418 bits per heavy atom. The quantitative estimate of drug-likeness (QED) is 0.122. The third-order valence-electron chi connectivity index (χ3n) is 17.0. The van der Waals surface area contributed by atoms with E-state index in [1.54, 1.807) is 0 Å². The summed E-state index contributed by atoms with van der Waals surface area (Å²) in [4.78, 5) is 10.1. The number of nitrogens with zero attached hydrogens (tertiary/aromatic N) is 4. The smallest absolute Gasteiger partial charge is 0.137 e. The van der Waals surface area contributed by atoms with Crippen LogP contribution in [0.1, 0.15) is 153 Å². The van der Waals surface area contributed by atoms with Gasteiger partial charge in [-0.05, 0) is 151 Å². The molecule has 0 radical (unpaired) electrons. The fraction of sp³-hybridized carbons (Fsp3) is 0.284. The molecular weight excluding hydrogens is 961 g/mol. The first kappa shape index (κ1) is 53.1. The van der Waals surface area contributed by atoms with E-state index in [1.165, 1.54) is 72.4 Å². The van der Waals surface area contributed by atoms with Crippen molar-refractivity contribution in [2.24, 2.45) is 0 Å². The average Bonchev–Trinajstić information content (AvgIpc) is 4.24. The van der Waals surface area contributed by atoms with E-state index in [1.807, 2.05) is 6.20 Å². The van der Waals surface area contributed by atoms with Crippen molar-refractivity contribution in [3.8, 4) is 28.4 Å². The van der Waals surface area contributed by atoms with Gasteiger partial charge < -0.3 is 14.5 Å². The van der Waals surface area contributed by atoms with Gasteiger partial charge in [0.2, 0.25) is 0 Å². The molecule has 1 aliphatic rings. The van der Waals surface area contributed by atoms with E-state index >= 15 is 0 Å². The molecule has 79 heavy (non-hydrogen) atoms. The third kappa shape index (κ3) is 9.92. The van der Waals surface area contributed by atoms with Gasteiger partial charge in [-0.25, -0.2) is 4.98 Å². The SMILES string of the molecule is CC(C)c1cccc(C(C)C)c1-c1ccc2c(c1)N(c1cc(C(C)(C)C)cc(C(C)(C)c3ccccc3)c1)CN2c1cccc(Oc2ccc3c4cc(C(C)(C)C)ccc4n(-c4cc(C(C)(C)c5ccccc5)ccn4)c3c2)c1. The van der Waals surface area contributed by atoms with Crippen LogP contribution in [0.25, 0.3) is 38.8 Å². The molecule has 10 aromatic rings. The minimum absolute atomic E-state index is 0.0150. The van der Waals surface area contributed by atoms with Gasteiger partial charge in [0.05, 0.1) is 22.4 Å². The predicted octanol–water partition coefficient (Wildman–Crippen LogP) is 20.4. The number of pyridine rings is 1. The average molecular weight is 1040 g/mol. The van der Waals surface area contributed by atoms with Crippen LogP contribution < -0.4 is 14.5 Å². The largest absolute Gasteiger partial charge is 0.457 e. The Balaban J connectivity index is 1.02. The Hall–Kier alpha value is -7.89. The second-order valence-electron chi connectivity index (χ2n) is 25.8.